The number of rotatable bonds is 2. The number of aromatic nitrogens is 2. The zero-order chi connectivity index (χ0) is 14.1. The minimum Gasteiger partial charge on any atom is -0.494 e. The largest absolute Gasteiger partial charge is 0.494 e. The van der Waals surface area contributed by atoms with Gasteiger partial charge < -0.3 is 9.47 Å². The fourth-order valence-electron chi connectivity index (χ4n) is 2.08. The third-order valence-corrected chi connectivity index (χ3v) is 3.07. The van der Waals surface area contributed by atoms with Crippen LogP contribution in [-0.4, -0.2) is 30.2 Å². The molecule has 0 atom stereocenters. The summed E-state index contributed by atoms with van der Waals surface area (Å²) in [5.41, 5.74) is 3.23. The Balaban J connectivity index is 2.27. The number of methoxy groups -OCH3 is 2. The quantitative estimate of drug-likeness (QED) is 0.528. The molecule has 100 valence electrons. The number of benzene rings is 2. The molecule has 1 aromatic heterocycles. The van der Waals surface area contributed by atoms with Crippen molar-refractivity contribution in [2.45, 2.75) is 0 Å². The van der Waals surface area contributed by atoms with E-state index in [1.165, 1.54) is 7.11 Å². The Morgan fingerprint density at radius 3 is 2.60 bits per heavy atom. The van der Waals surface area contributed by atoms with Gasteiger partial charge in [-0.25, -0.2) is 14.8 Å². The van der Waals surface area contributed by atoms with Crippen molar-refractivity contribution in [3.05, 3.63) is 42.0 Å². The molecule has 3 rings (SSSR count). The number of hydrogen-bond donors (Lipinski definition) is 0. The number of esters is 1. The predicted molar refractivity (Wildman–Crippen MR) is 74.9 cm³/mol. The summed E-state index contributed by atoms with van der Waals surface area (Å²) >= 11 is 0. The first-order chi connectivity index (χ1) is 9.72. The highest BCUT2D eigenvalue weighted by molar-refractivity contribution is 5.95. The van der Waals surface area contributed by atoms with Crippen molar-refractivity contribution in [3.63, 3.8) is 0 Å². The van der Waals surface area contributed by atoms with Gasteiger partial charge in [-0.15, -0.1) is 0 Å². The number of carbonyl (C=O) groups excluding carboxylic acids is 1. The Bertz CT molecular complexity index is 815. The van der Waals surface area contributed by atoms with E-state index in [0.717, 1.165) is 5.52 Å². The van der Waals surface area contributed by atoms with E-state index in [0.29, 0.717) is 27.9 Å². The summed E-state index contributed by atoms with van der Waals surface area (Å²) in [5.74, 6) is 0.286. The zero-order valence-electron chi connectivity index (χ0n) is 11.1. The molecular weight excluding hydrogens is 256 g/mol. The number of nitrogens with zero attached hydrogens (tertiary/aromatic N) is 2. The van der Waals surface area contributed by atoms with Crippen LogP contribution in [0.25, 0.3) is 22.1 Å². The third kappa shape index (κ3) is 1.93. The van der Waals surface area contributed by atoms with Crippen molar-refractivity contribution in [2.75, 3.05) is 14.2 Å². The lowest BCUT2D eigenvalue weighted by atomic mass is 10.2. The average Bonchev–Trinajstić information content (AvgIpc) is 2.50. The fraction of sp³-hybridized carbons (Fsp3) is 0.133. The summed E-state index contributed by atoms with van der Waals surface area (Å²) in [7, 11) is 2.95. The van der Waals surface area contributed by atoms with Crippen LogP contribution in [0.2, 0.25) is 0 Å². The molecule has 2 aromatic carbocycles. The van der Waals surface area contributed by atoms with Crippen LogP contribution >= 0.6 is 0 Å². The molecule has 0 amide bonds. The highest BCUT2D eigenvalue weighted by atomic mass is 16.5. The third-order valence-electron chi connectivity index (χ3n) is 3.07. The standard InChI is InChI=1S/C15H12N2O3/c1-19-13-5-3-4-11-14(13)17-10-7-6-9(15(18)20-2)8-12(10)16-11/h3-8H,1-2H3. The number of fused-ring (bicyclic) bond motifs is 2. The second kappa shape index (κ2) is 4.77. The van der Waals surface area contributed by atoms with Crippen molar-refractivity contribution < 1.29 is 14.3 Å². The van der Waals surface area contributed by atoms with E-state index in [4.69, 9.17) is 9.47 Å². The first-order valence-electron chi connectivity index (χ1n) is 6.06. The molecule has 0 unspecified atom stereocenters. The molecule has 0 bridgehead atoms. The Labute approximate surface area is 115 Å². The highest BCUT2D eigenvalue weighted by Crippen LogP contribution is 2.24. The molecule has 0 aliphatic heterocycles. The van der Waals surface area contributed by atoms with Gasteiger partial charge in [-0.1, -0.05) is 6.07 Å². The van der Waals surface area contributed by atoms with Gasteiger partial charge in [0.1, 0.15) is 11.3 Å². The van der Waals surface area contributed by atoms with Crippen LogP contribution in [0.4, 0.5) is 0 Å². The van der Waals surface area contributed by atoms with Crippen molar-refractivity contribution in [1.29, 1.82) is 0 Å². The molecule has 0 N–H and O–H groups in total. The van der Waals surface area contributed by atoms with Gasteiger partial charge in [-0.05, 0) is 30.3 Å². The lowest BCUT2D eigenvalue weighted by molar-refractivity contribution is 0.0601. The van der Waals surface area contributed by atoms with Gasteiger partial charge in [0, 0.05) is 0 Å². The summed E-state index contributed by atoms with van der Waals surface area (Å²) in [6, 6.07) is 10.6. The van der Waals surface area contributed by atoms with Gasteiger partial charge in [0.15, 0.2) is 0 Å². The number of ether oxygens (including phenoxy) is 2. The van der Waals surface area contributed by atoms with Gasteiger partial charge in [0.25, 0.3) is 0 Å². The van der Waals surface area contributed by atoms with Crippen LogP contribution in [0.5, 0.6) is 5.75 Å². The maximum Gasteiger partial charge on any atom is 0.337 e. The van der Waals surface area contributed by atoms with Crippen LogP contribution in [0, 0.1) is 0 Å². The molecule has 0 saturated heterocycles. The molecule has 0 fully saturated rings. The summed E-state index contributed by atoms with van der Waals surface area (Å²) in [4.78, 5) is 20.6. The van der Waals surface area contributed by atoms with Gasteiger partial charge in [0.05, 0.1) is 36.3 Å². The van der Waals surface area contributed by atoms with E-state index >= 15 is 0 Å². The maximum atomic E-state index is 11.5. The van der Waals surface area contributed by atoms with Crippen molar-refractivity contribution in [3.8, 4) is 5.75 Å². The molecule has 0 aliphatic rings. The summed E-state index contributed by atoms with van der Waals surface area (Å²) in [6.07, 6.45) is 0. The minimum absolute atomic E-state index is 0.389. The zero-order valence-corrected chi connectivity index (χ0v) is 11.1. The minimum atomic E-state index is -0.389. The second-order valence-corrected chi connectivity index (χ2v) is 4.25. The number of para-hydroxylation sites is 1. The van der Waals surface area contributed by atoms with Gasteiger partial charge in [-0.2, -0.15) is 0 Å². The number of carbonyl (C=O) groups is 1. The Kier molecular flexibility index (Phi) is 2.95. The maximum absolute atomic E-state index is 11.5. The summed E-state index contributed by atoms with van der Waals surface area (Å²) in [5, 5.41) is 0. The molecule has 5 nitrogen and oxygen atoms in total. The first-order valence-corrected chi connectivity index (χ1v) is 6.06. The Hall–Kier alpha value is -2.69. The SMILES string of the molecule is COC(=O)c1ccc2nc3c(OC)cccc3nc2c1. The van der Waals surface area contributed by atoms with Gasteiger partial charge in [-0.3, -0.25) is 0 Å². The molecule has 0 spiro atoms. The first kappa shape index (κ1) is 12.3. The highest BCUT2D eigenvalue weighted by Gasteiger charge is 2.10. The van der Waals surface area contributed by atoms with E-state index in [2.05, 4.69) is 9.97 Å². The predicted octanol–water partition coefficient (Wildman–Crippen LogP) is 2.58. The van der Waals surface area contributed by atoms with Crippen LogP contribution in [0.3, 0.4) is 0 Å². The Morgan fingerprint density at radius 1 is 1.00 bits per heavy atom. The lowest BCUT2D eigenvalue weighted by Crippen LogP contribution is -2.01. The van der Waals surface area contributed by atoms with Crippen LogP contribution in [-0.2, 0) is 4.74 Å². The molecular formula is C15H12N2O3. The van der Waals surface area contributed by atoms with Crippen LogP contribution in [0.1, 0.15) is 10.4 Å². The molecule has 20 heavy (non-hydrogen) atoms. The monoisotopic (exact) mass is 268 g/mol. The van der Waals surface area contributed by atoms with E-state index in [9.17, 15) is 4.79 Å². The molecule has 3 aromatic rings. The lowest BCUT2D eigenvalue weighted by Gasteiger charge is -2.06. The topological polar surface area (TPSA) is 61.3 Å². The van der Waals surface area contributed by atoms with Crippen LogP contribution < -0.4 is 4.74 Å². The summed E-state index contributed by atoms with van der Waals surface area (Å²) < 4.78 is 9.98. The normalized spacial score (nSPS) is 10.7. The molecule has 0 saturated carbocycles. The van der Waals surface area contributed by atoms with Crippen LogP contribution in [0.15, 0.2) is 36.4 Å². The van der Waals surface area contributed by atoms with Gasteiger partial charge in [0.2, 0.25) is 0 Å². The molecule has 1 heterocycles. The van der Waals surface area contributed by atoms with E-state index in [1.54, 1.807) is 25.3 Å². The average molecular weight is 268 g/mol. The molecule has 0 aliphatic carbocycles. The molecule has 5 heteroatoms. The number of hydrogen-bond acceptors (Lipinski definition) is 5. The second-order valence-electron chi connectivity index (χ2n) is 4.25. The van der Waals surface area contributed by atoms with Crippen molar-refractivity contribution >= 4 is 28.0 Å². The van der Waals surface area contributed by atoms with Crippen molar-refractivity contribution in [1.82, 2.24) is 9.97 Å². The van der Waals surface area contributed by atoms with Crippen molar-refractivity contribution in [2.24, 2.45) is 0 Å². The fourth-order valence-corrected chi connectivity index (χ4v) is 2.08. The smallest absolute Gasteiger partial charge is 0.337 e. The van der Waals surface area contributed by atoms with E-state index in [1.807, 2.05) is 18.2 Å². The molecule has 0 radical (unpaired) electrons. The van der Waals surface area contributed by atoms with E-state index in [-0.39, 0.29) is 5.97 Å². The van der Waals surface area contributed by atoms with E-state index < -0.39 is 0 Å². The summed E-state index contributed by atoms with van der Waals surface area (Å²) in [6.45, 7) is 0. The van der Waals surface area contributed by atoms with Gasteiger partial charge >= 0.3 is 5.97 Å². The Morgan fingerprint density at radius 2 is 1.85 bits per heavy atom.